The molecule has 2 aromatic rings. The van der Waals surface area contributed by atoms with Crippen LogP contribution in [0.3, 0.4) is 0 Å². The van der Waals surface area contributed by atoms with Gasteiger partial charge in [0.25, 0.3) is 0 Å². The Morgan fingerprint density at radius 1 is 1.13 bits per heavy atom. The number of carboxylic acids is 1. The van der Waals surface area contributed by atoms with Crippen molar-refractivity contribution in [3.63, 3.8) is 0 Å². The molecule has 0 atom stereocenters. The van der Waals surface area contributed by atoms with Crippen LogP contribution in [0.4, 0.5) is 13.2 Å². The SMILES string of the molecule is CC1(C)CC=C(OS(=O)(=O)C(F)(F)F)c2cc(C=Cc3ccccc3C(=O)O)ccc21. The predicted molar refractivity (Wildman–Crippen MR) is 110 cm³/mol. The largest absolute Gasteiger partial charge is 0.534 e. The van der Waals surface area contributed by atoms with Crippen LogP contribution in [0.15, 0.2) is 48.5 Å². The highest BCUT2D eigenvalue weighted by molar-refractivity contribution is 7.87. The first-order chi connectivity index (χ1) is 14.3. The van der Waals surface area contributed by atoms with E-state index in [0.717, 1.165) is 0 Å². The highest BCUT2D eigenvalue weighted by Gasteiger charge is 2.49. The maximum absolute atomic E-state index is 12.8. The number of fused-ring (bicyclic) bond motifs is 1. The summed E-state index contributed by atoms with van der Waals surface area (Å²) in [5.74, 6) is -1.48. The van der Waals surface area contributed by atoms with E-state index >= 15 is 0 Å². The van der Waals surface area contributed by atoms with E-state index in [0.29, 0.717) is 23.1 Å². The van der Waals surface area contributed by atoms with Gasteiger partial charge >= 0.3 is 21.6 Å². The molecule has 1 N–H and O–H groups in total. The molecule has 0 aromatic heterocycles. The summed E-state index contributed by atoms with van der Waals surface area (Å²) < 4.78 is 65.9. The number of carbonyl (C=O) groups is 1. The van der Waals surface area contributed by atoms with Gasteiger partial charge in [-0.15, -0.1) is 0 Å². The fourth-order valence-electron chi connectivity index (χ4n) is 3.29. The summed E-state index contributed by atoms with van der Waals surface area (Å²) in [6.07, 6.45) is 4.79. The van der Waals surface area contributed by atoms with E-state index in [9.17, 15) is 31.5 Å². The predicted octanol–water partition coefficient (Wildman–Crippen LogP) is 5.44. The third kappa shape index (κ3) is 4.66. The summed E-state index contributed by atoms with van der Waals surface area (Å²) >= 11 is 0. The number of rotatable bonds is 5. The third-order valence-electron chi connectivity index (χ3n) is 4.97. The van der Waals surface area contributed by atoms with Gasteiger partial charge in [-0.05, 0) is 46.7 Å². The maximum Gasteiger partial charge on any atom is 0.534 e. The van der Waals surface area contributed by atoms with Crippen LogP contribution >= 0.6 is 0 Å². The zero-order valence-corrected chi connectivity index (χ0v) is 17.4. The maximum atomic E-state index is 12.8. The van der Waals surface area contributed by atoms with Crippen molar-refractivity contribution < 1.29 is 35.7 Å². The van der Waals surface area contributed by atoms with Crippen LogP contribution in [0.25, 0.3) is 17.9 Å². The summed E-state index contributed by atoms with van der Waals surface area (Å²) in [6.45, 7) is 3.77. The zero-order valence-electron chi connectivity index (χ0n) is 16.6. The van der Waals surface area contributed by atoms with Gasteiger partial charge in [-0.3, -0.25) is 0 Å². The lowest BCUT2D eigenvalue weighted by Gasteiger charge is -2.31. The van der Waals surface area contributed by atoms with Crippen LogP contribution < -0.4 is 0 Å². The van der Waals surface area contributed by atoms with Crippen LogP contribution in [0.1, 0.15) is 52.9 Å². The van der Waals surface area contributed by atoms with Gasteiger partial charge in [0.15, 0.2) is 0 Å². The molecule has 0 unspecified atom stereocenters. The first kappa shape index (κ1) is 22.6. The molecule has 164 valence electrons. The average Bonchev–Trinajstić information content (AvgIpc) is 2.68. The van der Waals surface area contributed by atoms with Crippen molar-refractivity contribution in [2.45, 2.75) is 31.2 Å². The van der Waals surface area contributed by atoms with Crippen LogP contribution in [-0.4, -0.2) is 25.0 Å². The number of halogens is 3. The van der Waals surface area contributed by atoms with Gasteiger partial charge in [-0.25, -0.2) is 4.79 Å². The summed E-state index contributed by atoms with van der Waals surface area (Å²) in [7, 11) is -5.81. The lowest BCUT2D eigenvalue weighted by Crippen LogP contribution is -2.27. The first-order valence-corrected chi connectivity index (χ1v) is 10.6. The fraction of sp³-hybridized carbons (Fsp3) is 0.227. The molecule has 0 bridgehead atoms. The molecular weight excluding hydrogens is 433 g/mol. The van der Waals surface area contributed by atoms with Crippen molar-refractivity contribution >= 4 is 34.0 Å². The Bertz CT molecular complexity index is 1190. The van der Waals surface area contributed by atoms with Crippen molar-refractivity contribution in [1.29, 1.82) is 0 Å². The first-order valence-electron chi connectivity index (χ1n) is 9.18. The number of allylic oxidation sites excluding steroid dienone is 1. The normalized spacial score (nSPS) is 16.0. The second-order valence-corrected chi connectivity index (χ2v) is 9.21. The van der Waals surface area contributed by atoms with Crippen molar-refractivity contribution in [3.8, 4) is 0 Å². The zero-order chi connectivity index (χ0) is 23.0. The molecule has 0 saturated carbocycles. The molecule has 9 heteroatoms. The van der Waals surface area contributed by atoms with Crippen molar-refractivity contribution in [1.82, 2.24) is 0 Å². The Balaban J connectivity index is 2.02. The van der Waals surface area contributed by atoms with Crippen LogP contribution in [-0.2, 0) is 19.7 Å². The molecule has 0 saturated heterocycles. The van der Waals surface area contributed by atoms with Crippen LogP contribution in [0.5, 0.6) is 0 Å². The molecule has 1 aliphatic rings. The molecule has 0 aliphatic heterocycles. The van der Waals surface area contributed by atoms with Gasteiger partial charge in [0.05, 0.1) is 5.56 Å². The van der Waals surface area contributed by atoms with Gasteiger partial charge in [0.2, 0.25) is 0 Å². The molecule has 0 spiro atoms. The quantitative estimate of drug-likeness (QED) is 0.371. The van der Waals surface area contributed by atoms with Gasteiger partial charge < -0.3 is 9.29 Å². The average molecular weight is 452 g/mol. The second-order valence-electron chi connectivity index (χ2n) is 7.67. The standard InChI is InChI=1S/C22H19F3O5S/c1-21(2)12-11-19(30-31(28,29)22(23,24)25)17-13-14(8-10-18(17)21)7-9-15-5-3-4-6-16(15)20(26)27/h3-11,13H,12H2,1-2H3,(H,26,27). The van der Waals surface area contributed by atoms with Crippen molar-refractivity contribution in [2.24, 2.45) is 0 Å². The topological polar surface area (TPSA) is 80.7 Å². The van der Waals surface area contributed by atoms with E-state index in [1.807, 2.05) is 13.8 Å². The molecule has 1 aliphatic carbocycles. The Kier molecular flexibility index (Phi) is 5.75. The van der Waals surface area contributed by atoms with Crippen molar-refractivity contribution in [2.75, 3.05) is 0 Å². The van der Waals surface area contributed by atoms with E-state index in [4.69, 9.17) is 0 Å². The van der Waals surface area contributed by atoms with Crippen LogP contribution in [0, 0.1) is 0 Å². The lowest BCUT2D eigenvalue weighted by molar-refractivity contribution is -0.0509. The molecule has 2 aromatic carbocycles. The van der Waals surface area contributed by atoms with E-state index in [2.05, 4.69) is 4.18 Å². The summed E-state index contributed by atoms with van der Waals surface area (Å²) in [4.78, 5) is 11.3. The Morgan fingerprint density at radius 3 is 2.45 bits per heavy atom. The molecular formula is C22H19F3O5S. The minimum Gasteiger partial charge on any atom is -0.478 e. The molecule has 0 radical (unpaired) electrons. The Labute approximate surface area is 177 Å². The monoisotopic (exact) mass is 452 g/mol. The number of hydrogen-bond acceptors (Lipinski definition) is 4. The van der Waals surface area contributed by atoms with Gasteiger partial charge in [0, 0.05) is 5.56 Å². The van der Waals surface area contributed by atoms with Gasteiger partial charge in [-0.1, -0.05) is 56.3 Å². The number of carboxylic acid groups (broad SMARTS) is 1. The Morgan fingerprint density at radius 2 is 1.81 bits per heavy atom. The molecule has 0 amide bonds. The fourth-order valence-corrected chi connectivity index (χ4v) is 3.78. The van der Waals surface area contributed by atoms with E-state index < -0.39 is 27.0 Å². The van der Waals surface area contributed by atoms with E-state index in [1.54, 1.807) is 42.5 Å². The van der Waals surface area contributed by atoms with Gasteiger partial charge in [-0.2, -0.15) is 21.6 Å². The molecule has 0 heterocycles. The smallest absolute Gasteiger partial charge is 0.478 e. The van der Waals surface area contributed by atoms with E-state index in [-0.39, 0.29) is 16.9 Å². The Hall–Kier alpha value is -3.07. The van der Waals surface area contributed by atoms with Crippen LogP contribution in [0.2, 0.25) is 0 Å². The minimum absolute atomic E-state index is 0.0954. The number of hydrogen-bond donors (Lipinski definition) is 1. The molecule has 3 rings (SSSR count). The minimum atomic E-state index is -5.81. The number of aromatic carboxylic acids is 1. The third-order valence-corrected chi connectivity index (χ3v) is 5.93. The van der Waals surface area contributed by atoms with E-state index in [1.165, 1.54) is 18.2 Å². The second kappa shape index (κ2) is 7.88. The number of alkyl halides is 3. The molecule has 5 nitrogen and oxygen atoms in total. The number of benzene rings is 2. The summed E-state index contributed by atoms with van der Waals surface area (Å²) in [5.41, 5.74) is -4.03. The molecule has 31 heavy (non-hydrogen) atoms. The highest BCUT2D eigenvalue weighted by atomic mass is 32.2. The summed E-state index contributed by atoms with van der Waals surface area (Å²) in [5, 5.41) is 9.28. The summed E-state index contributed by atoms with van der Waals surface area (Å²) in [6, 6.07) is 11.3. The van der Waals surface area contributed by atoms with Crippen molar-refractivity contribution in [3.05, 3.63) is 76.4 Å². The van der Waals surface area contributed by atoms with Gasteiger partial charge in [0.1, 0.15) is 5.76 Å². The molecule has 0 fully saturated rings. The highest BCUT2D eigenvalue weighted by Crippen LogP contribution is 2.41. The lowest BCUT2D eigenvalue weighted by atomic mass is 9.75.